The number of nitrogens with zero attached hydrogens (tertiary/aromatic N) is 3. The molecular weight excluding hydrogens is 252 g/mol. The highest BCUT2D eigenvalue weighted by atomic mass is 16.1. The molecule has 1 aliphatic heterocycles. The quantitative estimate of drug-likeness (QED) is 0.772. The second-order valence-corrected chi connectivity index (χ2v) is 4.57. The Balaban J connectivity index is 1.73. The summed E-state index contributed by atoms with van der Waals surface area (Å²) in [5.74, 6) is -0.176. The van der Waals surface area contributed by atoms with Crippen LogP contribution < -0.4 is 5.32 Å². The highest BCUT2D eigenvalue weighted by Crippen LogP contribution is 2.25. The molecule has 3 heterocycles. The van der Waals surface area contributed by atoms with Gasteiger partial charge in [0.2, 0.25) is 0 Å². The van der Waals surface area contributed by atoms with E-state index < -0.39 is 0 Å². The van der Waals surface area contributed by atoms with E-state index in [4.69, 9.17) is 0 Å². The molecular formula is C15H10N4O. The molecule has 4 rings (SSSR count). The van der Waals surface area contributed by atoms with Crippen molar-refractivity contribution in [1.29, 1.82) is 0 Å². The number of hydrogen-bond donors (Lipinski definition) is 1. The zero-order chi connectivity index (χ0) is 13.5. The topological polar surface area (TPSA) is 58.8 Å². The van der Waals surface area contributed by atoms with Crippen molar-refractivity contribution in [1.82, 2.24) is 9.61 Å². The van der Waals surface area contributed by atoms with Gasteiger partial charge in [-0.15, -0.1) is 0 Å². The van der Waals surface area contributed by atoms with E-state index in [1.165, 1.54) is 0 Å². The predicted octanol–water partition coefficient (Wildman–Crippen LogP) is 2.65. The number of nitrogens with one attached hydrogen (secondary N) is 1. The van der Waals surface area contributed by atoms with Crippen molar-refractivity contribution in [2.75, 3.05) is 5.32 Å². The summed E-state index contributed by atoms with van der Waals surface area (Å²) in [6.07, 6.45) is 5.24. The first-order valence-electron chi connectivity index (χ1n) is 6.23. The van der Waals surface area contributed by atoms with E-state index in [0.717, 1.165) is 22.5 Å². The summed E-state index contributed by atoms with van der Waals surface area (Å²) in [5.41, 5.74) is 4.39. The molecule has 1 amide bonds. The number of rotatable bonds is 2. The summed E-state index contributed by atoms with van der Waals surface area (Å²) < 4.78 is 1.81. The molecule has 1 aromatic carbocycles. The van der Waals surface area contributed by atoms with Crippen molar-refractivity contribution in [3.63, 3.8) is 0 Å². The van der Waals surface area contributed by atoms with Crippen LogP contribution in [-0.4, -0.2) is 21.7 Å². The van der Waals surface area contributed by atoms with Gasteiger partial charge in [0, 0.05) is 29.9 Å². The molecule has 0 fully saturated rings. The predicted molar refractivity (Wildman–Crippen MR) is 76.8 cm³/mol. The van der Waals surface area contributed by atoms with Crippen LogP contribution in [0.15, 0.2) is 53.8 Å². The van der Waals surface area contributed by atoms with Crippen molar-refractivity contribution in [2.45, 2.75) is 0 Å². The summed E-state index contributed by atoms with van der Waals surface area (Å²) in [6, 6.07) is 11.5. The second kappa shape index (κ2) is 4.03. The van der Waals surface area contributed by atoms with Crippen LogP contribution >= 0.6 is 0 Å². The Hall–Kier alpha value is -2.95. The third kappa shape index (κ3) is 1.60. The van der Waals surface area contributed by atoms with E-state index in [-0.39, 0.29) is 5.91 Å². The van der Waals surface area contributed by atoms with Gasteiger partial charge in [-0.3, -0.25) is 4.79 Å². The zero-order valence-electron chi connectivity index (χ0n) is 10.4. The van der Waals surface area contributed by atoms with Gasteiger partial charge in [0.05, 0.1) is 16.8 Å². The number of amides is 1. The third-order valence-corrected chi connectivity index (χ3v) is 3.32. The normalized spacial score (nSPS) is 12.9. The number of hydrogen-bond acceptors (Lipinski definition) is 3. The fraction of sp³-hybridized carbons (Fsp3) is 0. The van der Waals surface area contributed by atoms with Gasteiger partial charge in [-0.1, -0.05) is 0 Å². The number of benzene rings is 1. The number of aliphatic imine (C=N–C) groups is 1. The maximum absolute atomic E-state index is 11.4. The monoisotopic (exact) mass is 262 g/mol. The third-order valence-electron chi connectivity index (χ3n) is 3.32. The Labute approximate surface area is 114 Å². The number of carbonyl (C=O) groups is 1. The highest BCUT2D eigenvalue weighted by molar-refractivity contribution is 6.13. The fourth-order valence-corrected chi connectivity index (χ4v) is 2.35. The minimum absolute atomic E-state index is 0.176. The van der Waals surface area contributed by atoms with Crippen LogP contribution in [0.25, 0.3) is 5.52 Å². The van der Waals surface area contributed by atoms with Crippen molar-refractivity contribution in [2.24, 2.45) is 4.99 Å². The van der Waals surface area contributed by atoms with Crippen molar-refractivity contribution in [3.05, 3.63) is 59.9 Å². The Morgan fingerprint density at radius 2 is 2.10 bits per heavy atom. The molecule has 1 aliphatic rings. The molecule has 0 saturated carbocycles. The lowest BCUT2D eigenvalue weighted by Gasteiger charge is -2.06. The standard InChI is InChI=1S/C15H10N4O/c20-15-12-4-3-11(8-10(12)9-16-15)18-13-5-7-19-14(13)2-1-6-17-19/h1-9,18H. The molecule has 0 spiro atoms. The van der Waals surface area contributed by atoms with Gasteiger partial charge < -0.3 is 5.32 Å². The molecule has 3 aromatic rings. The average molecular weight is 262 g/mol. The van der Waals surface area contributed by atoms with Crippen LogP contribution in [0.5, 0.6) is 0 Å². The summed E-state index contributed by atoms with van der Waals surface area (Å²) in [7, 11) is 0. The summed E-state index contributed by atoms with van der Waals surface area (Å²) in [4.78, 5) is 15.2. The van der Waals surface area contributed by atoms with Crippen molar-refractivity contribution in [3.8, 4) is 0 Å². The smallest absolute Gasteiger partial charge is 0.277 e. The van der Waals surface area contributed by atoms with Crippen LogP contribution in [0.2, 0.25) is 0 Å². The van der Waals surface area contributed by atoms with E-state index in [0.29, 0.717) is 5.56 Å². The number of aromatic nitrogens is 2. The van der Waals surface area contributed by atoms with Crippen molar-refractivity contribution >= 4 is 29.0 Å². The molecule has 2 aromatic heterocycles. The van der Waals surface area contributed by atoms with Crippen LogP contribution in [-0.2, 0) is 0 Å². The fourth-order valence-electron chi connectivity index (χ4n) is 2.35. The lowest BCUT2D eigenvalue weighted by molar-refractivity contribution is 0.101. The Morgan fingerprint density at radius 1 is 1.15 bits per heavy atom. The summed E-state index contributed by atoms with van der Waals surface area (Å²) >= 11 is 0. The zero-order valence-corrected chi connectivity index (χ0v) is 10.4. The Bertz CT molecular complexity index is 863. The molecule has 0 aliphatic carbocycles. The van der Waals surface area contributed by atoms with E-state index in [2.05, 4.69) is 15.4 Å². The Morgan fingerprint density at radius 3 is 3.05 bits per heavy atom. The molecule has 5 nitrogen and oxygen atoms in total. The molecule has 5 heteroatoms. The van der Waals surface area contributed by atoms with Crippen LogP contribution in [0.3, 0.4) is 0 Å². The van der Waals surface area contributed by atoms with E-state index >= 15 is 0 Å². The molecule has 20 heavy (non-hydrogen) atoms. The van der Waals surface area contributed by atoms with Crippen molar-refractivity contribution < 1.29 is 4.79 Å². The van der Waals surface area contributed by atoms with Gasteiger partial charge in [0.25, 0.3) is 5.91 Å². The summed E-state index contributed by atoms with van der Waals surface area (Å²) in [5, 5.41) is 7.56. The number of fused-ring (bicyclic) bond motifs is 2. The number of anilines is 2. The minimum Gasteiger partial charge on any atom is -0.354 e. The summed E-state index contributed by atoms with van der Waals surface area (Å²) in [6.45, 7) is 0. The first-order chi connectivity index (χ1) is 9.81. The molecule has 96 valence electrons. The van der Waals surface area contributed by atoms with Crippen LogP contribution in [0.1, 0.15) is 15.9 Å². The van der Waals surface area contributed by atoms with Gasteiger partial charge in [-0.25, -0.2) is 9.51 Å². The van der Waals surface area contributed by atoms with Crippen LogP contribution in [0, 0.1) is 0 Å². The lowest BCUT2D eigenvalue weighted by atomic mass is 10.1. The van der Waals surface area contributed by atoms with E-state index in [1.54, 1.807) is 23.0 Å². The SMILES string of the molecule is O=C1N=Cc2cc(Nc3ccn4ncccc34)ccc21. The van der Waals surface area contributed by atoms with E-state index in [1.807, 2.05) is 36.5 Å². The first-order valence-corrected chi connectivity index (χ1v) is 6.23. The molecule has 0 saturated heterocycles. The van der Waals surface area contributed by atoms with Gasteiger partial charge in [0.1, 0.15) is 0 Å². The Kier molecular flexibility index (Phi) is 2.20. The number of carbonyl (C=O) groups excluding carboxylic acids is 1. The molecule has 0 unspecified atom stereocenters. The van der Waals surface area contributed by atoms with Gasteiger partial charge in [-0.05, 0) is 36.4 Å². The average Bonchev–Trinajstić information content (AvgIpc) is 3.04. The second-order valence-electron chi connectivity index (χ2n) is 4.57. The maximum atomic E-state index is 11.4. The molecule has 0 atom stereocenters. The molecule has 0 radical (unpaired) electrons. The molecule has 0 bridgehead atoms. The van der Waals surface area contributed by atoms with E-state index in [9.17, 15) is 4.79 Å². The van der Waals surface area contributed by atoms with Gasteiger partial charge >= 0.3 is 0 Å². The maximum Gasteiger partial charge on any atom is 0.277 e. The van der Waals surface area contributed by atoms with Gasteiger partial charge in [0.15, 0.2) is 0 Å². The highest BCUT2D eigenvalue weighted by Gasteiger charge is 2.15. The lowest BCUT2D eigenvalue weighted by Crippen LogP contribution is -1.95. The largest absolute Gasteiger partial charge is 0.354 e. The van der Waals surface area contributed by atoms with Gasteiger partial charge in [-0.2, -0.15) is 5.10 Å². The first kappa shape index (κ1) is 10.9. The molecule has 1 N–H and O–H groups in total. The minimum atomic E-state index is -0.176. The van der Waals surface area contributed by atoms with Crippen LogP contribution in [0.4, 0.5) is 11.4 Å².